The molecule has 144 valence electrons. The highest BCUT2D eigenvalue weighted by atomic mass is 19.4. The van der Waals surface area contributed by atoms with Gasteiger partial charge in [0, 0.05) is 49.7 Å². The van der Waals surface area contributed by atoms with Gasteiger partial charge in [0.15, 0.2) is 11.5 Å². The first-order chi connectivity index (χ1) is 12.9. The molecule has 3 rings (SSSR count). The van der Waals surface area contributed by atoms with E-state index in [4.69, 9.17) is 0 Å². The molecular weight excluding hydrogens is 361 g/mol. The number of rotatable bonds is 4. The second kappa shape index (κ2) is 7.77. The molecule has 1 aliphatic rings. The molecule has 0 spiro atoms. The number of alkyl halides is 3. The number of aromatic nitrogens is 3. The van der Waals surface area contributed by atoms with Crippen LogP contribution in [0.2, 0.25) is 0 Å². The SMILES string of the molecule is CCNC(=O)NC1CCN(c2cc(C(F)(F)F)nc(-c3ccncc3)n2)C1. The Morgan fingerprint density at radius 3 is 2.70 bits per heavy atom. The summed E-state index contributed by atoms with van der Waals surface area (Å²) in [7, 11) is 0. The Labute approximate surface area is 154 Å². The van der Waals surface area contributed by atoms with E-state index in [1.165, 1.54) is 12.4 Å². The molecule has 2 aromatic heterocycles. The van der Waals surface area contributed by atoms with Crippen molar-refractivity contribution in [3.8, 4) is 11.4 Å². The van der Waals surface area contributed by atoms with Crippen LogP contribution in [-0.2, 0) is 6.18 Å². The van der Waals surface area contributed by atoms with Gasteiger partial charge in [0.1, 0.15) is 5.82 Å². The fourth-order valence-corrected chi connectivity index (χ4v) is 2.85. The van der Waals surface area contributed by atoms with E-state index >= 15 is 0 Å². The normalized spacial score (nSPS) is 17.0. The van der Waals surface area contributed by atoms with Crippen LogP contribution in [0.15, 0.2) is 30.6 Å². The smallest absolute Gasteiger partial charge is 0.354 e. The molecule has 0 bridgehead atoms. The summed E-state index contributed by atoms with van der Waals surface area (Å²) in [6, 6.07) is 3.61. The van der Waals surface area contributed by atoms with E-state index in [1.54, 1.807) is 24.0 Å². The molecule has 2 N–H and O–H groups in total. The van der Waals surface area contributed by atoms with Crippen LogP contribution in [0.3, 0.4) is 0 Å². The standard InChI is InChI=1S/C17H19F3N6O/c1-2-22-16(27)23-12-5-8-26(10-12)14-9-13(17(18,19)20)24-15(25-14)11-3-6-21-7-4-11/h3-4,6-7,9,12H,2,5,8,10H2,1H3,(H2,22,23,27). The van der Waals surface area contributed by atoms with Gasteiger partial charge in [-0.15, -0.1) is 0 Å². The number of amides is 2. The zero-order valence-electron chi connectivity index (χ0n) is 14.6. The molecular formula is C17H19F3N6O. The van der Waals surface area contributed by atoms with Crippen molar-refractivity contribution >= 4 is 11.8 Å². The minimum atomic E-state index is -4.59. The minimum absolute atomic E-state index is 0.0117. The van der Waals surface area contributed by atoms with Gasteiger partial charge in [-0.2, -0.15) is 13.2 Å². The Balaban J connectivity index is 1.86. The first-order valence-electron chi connectivity index (χ1n) is 8.53. The molecule has 27 heavy (non-hydrogen) atoms. The van der Waals surface area contributed by atoms with Crippen molar-refractivity contribution in [1.82, 2.24) is 25.6 Å². The van der Waals surface area contributed by atoms with Crippen LogP contribution in [0.1, 0.15) is 19.0 Å². The largest absolute Gasteiger partial charge is 0.433 e. The predicted octanol–water partition coefficient (Wildman–Crippen LogP) is 2.46. The maximum Gasteiger partial charge on any atom is 0.433 e. The van der Waals surface area contributed by atoms with Crippen LogP contribution in [-0.4, -0.2) is 46.7 Å². The number of urea groups is 1. The summed E-state index contributed by atoms with van der Waals surface area (Å²) < 4.78 is 39.9. The van der Waals surface area contributed by atoms with Gasteiger partial charge in [-0.05, 0) is 25.5 Å². The summed E-state index contributed by atoms with van der Waals surface area (Å²) >= 11 is 0. The van der Waals surface area contributed by atoms with Gasteiger partial charge < -0.3 is 15.5 Å². The number of pyridine rings is 1. The summed E-state index contributed by atoms with van der Waals surface area (Å²) in [6.45, 7) is 3.17. The number of hydrogen-bond acceptors (Lipinski definition) is 5. The van der Waals surface area contributed by atoms with Crippen molar-refractivity contribution in [3.63, 3.8) is 0 Å². The van der Waals surface area contributed by atoms with Crippen LogP contribution in [0.4, 0.5) is 23.8 Å². The van der Waals surface area contributed by atoms with Gasteiger partial charge >= 0.3 is 12.2 Å². The summed E-state index contributed by atoms with van der Waals surface area (Å²) in [5, 5.41) is 5.44. The van der Waals surface area contributed by atoms with Crippen LogP contribution in [0.5, 0.6) is 0 Å². The molecule has 2 amide bonds. The zero-order chi connectivity index (χ0) is 19.4. The first kappa shape index (κ1) is 18.9. The van der Waals surface area contributed by atoms with E-state index in [0.29, 0.717) is 31.6 Å². The second-order valence-electron chi connectivity index (χ2n) is 6.10. The maximum absolute atomic E-state index is 13.3. The molecule has 1 unspecified atom stereocenters. The van der Waals surface area contributed by atoms with Gasteiger partial charge in [-0.25, -0.2) is 14.8 Å². The number of anilines is 1. The Morgan fingerprint density at radius 1 is 1.30 bits per heavy atom. The third-order valence-electron chi connectivity index (χ3n) is 4.13. The van der Waals surface area contributed by atoms with Crippen molar-refractivity contribution in [2.24, 2.45) is 0 Å². The number of nitrogens with zero attached hydrogens (tertiary/aromatic N) is 4. The molecule has 1 fully saturated rings. The average molecular weight is 380 g/mol. The molecule has 1 atom stereocenters. The Morgan fingerprint density at radius 2 is 2.04 bits per heavy atom. The van der Waals surface area contributed by atoms with Gasteiger partial charge in [0.2, 0.25) is 0 Å². The second-order valence-corrected chi connectivity index (χ2v) is 6.10. The highest BCUT2D eigenvalue weighted by molar-refractivity contribution is 5.74. The fourth-order valence-electron chi connectivity index (χ4n) is 2.85. The van der Waals surface area contributed by atoms with E-state index < -0.39 is 11.9 Å². The lowest BCUT2D eigenvalue weighted by molar-refractivity contribution is -0.141. The van der Waals surface area contributed by atoms with Gasteiger partial charge in [-0.1, -0.05) is 0 Å². The molecule has 1 saturated heterocycles. The lowest BCUT2D eigenvalue weighted by Crippen LogP contribution is -2.43. The zero-order valence-corrected chi connectivity index (χ0v) is 14.6. The highest BCUT2D eigenvalue weighted by Crippen LogP contribution is 2.32. The molecule has 2 aromatic rings. The Kier molecular flexibility index (Phi) is 5.43. The van der Waals surface area contributed by atoms with E-state index in [9.17, 15) is 18.0 Å². The van der Waals surface area contributed by atoms with E-state index in [-0.39, 0.29) is 23.7 Å². The number of hydrogen-bond donors (Lipinski definition) is 2. The molecule has 3 heterocycles. The summed E-state index contributed by atoms with van der Waals surface area (Å²) in [5.41, 5.74) is -0.548. The molecule has 0 aromatic carbocycles. The van der Waals surface area contributed by atoms with Crippen molar-refractivity contribution in [2.75, 3.05) is 24.5 Å². The number of carbonyl (C=O) groups excluding carboxylic acids is 1. The average Bonchev–Trinajstić information content (AvgIpc) is 3.10. The molecule has 0 radical (unpaired) electrons. The highest BCUT2D eigenvalue weighted by Gasteiger charge is 2.35. The van der Waals surface area contributed by atoms with Crippen molar-refractivity contribution < 1.29 is 18.0 Å². The summed E-state index contributed by atoms with van der Waals surface area (Å²) in [4.78, 5) is 25.2. The quantitative estimate of drug-likeness (QED) is 0.851. The van der Waals surface area contributed by atoms with Crippen LogP contribution >= 0.6 is 0 Å². The van der Waals surface area contributed by atoms with E-state index in [2.05, 4.69) is 25.6 Å². The third kappa shape index (κ3) is 4.63. The monoisotopic (exact) mass is 380 g/mol. The topological polar surface area (TPSA) is 83.0 Å². The van der Waals surface area contributed by atoms with Gasteiger partial charge in [0.25, 0.3) is 0 Å². The predicted molar refractivity (Wildman–Crippen MR) is 93.1 cm³/mol. The lowest BCUT2D eigenvalue weighted by atomic mass is 10.2. The van der Waals surface area contributed by atoms with Crippen molar-refractivity contribution in [1.29, 1.82) is 0 Å². The molecule has 1 aliphatic heterocycles. The van der Waals surface area contributed by atoms with E-state index in [0.717, 1.165) is 6.07 Å². The van der Waals surface area contributed by atoms with E-state index in [1.807, 2.05) is 0 Å². The van der Waals surface area contributed by atoms with Crippen molar-refractivity contribution in [3.05, 3.63) is 36.3 Å². The van der Waals surface area contributed by atoms with Crippen LogP contribution < -0.4 is 15.5 Å². The molecule has 7 nitrogen and oxygen atoms in total. The first-order valence-corrected chi connectivity index (χ1v) is 8.53. The number of halogens is 3. The number of carbonyl (C=O) groups is 1. The maximum atomic E-state index is 13.3. The van der Waals surface area contributed by atoms with Crippen LogP contribution in [0.25, 0.3) is 11.4 Å². The third-order valence-corrected chi connectivity index (χ3v) is 4.13. The Hall–Kier alpha value is -2.91. The molecule has 10 heteroatoms. The molecule has 0 saturated carbocycles. The lowest BCUT2D eigenvalue weighted by Gasteiger charge is -2.20. The number of nitrogens with one attached hydrogen (secondary N) is 2. The fraction of sp³-hybridized carbons (Fsp3) is 0.412. The summed E-state index contributed by atoms with van der Waals surface area (Å²) in [6.07, 6.45) is -1.02. The van der Waals surface area contributed by atoms with Gasteiger partial charge in [-0.3, -0.25) is 4.98 Å². The summed E-state index contributed by atoms with van der Waals surface area (Å²) in [5.74, 6) is 0.173. The molecule has 0 aliphatic carbocycles. The Bertz CT molecular complexity index is 799. The van der Waals surface area contributed by atoms with Crippen LogP contribution in [0, 0.1) is 0 Å². The minimum Gasteiger partial charge on any atom is -0.354 e. The van der Waals surface area contributed by atoms with Crippen molar-refractivity contribution in [2.45, 2.75) is 25.6 Å². The van der Waals surface area contributed by atoms with Gasteiger partial charge in [0.05, 0.1) is 0 Å².